The fourth-order valence-corrected chi connectivity index (χ4v) is 1.70. The van der Waals surface area contributed by atoms with E-state index in [0.29, 0.717) is 0 Å². The monoisotopic (exact) mass is 266 g/mol. The van der Waals surface area contributed by atoms with Gasteiger partial charge in [0.1, 0.15) is 18.8 Å². The van der Waals surface area contributed by atoms with Crippen LogP contribution >= 0.6 is 0 Å². The standard InChI is InChI=1S/C14H18O5/c1-4-5-6-7-8-11-12(9-17-10-13(15)16)19-14(2,3)18-11/h1,5-8,11-12H,9-10H2,2-3H3,(H,15,16)/b6-5+,8-7+/t11-,12+/m1/s1. The Kier molecular flexibility index (Phi) is 5.77. The zero-order chi connectivity index (χ0) is 14.3. The first-order valence-electron chi connectivity index (χ1n) is 5.89. The van der Waals surface area contributed by atoms with Gasteiger partial charge in [-0.2, -0.15) is 0 Å². The smallest absolute Gasteiger partial charge is 0.329 e. The van der Waals surface area contributed by atoms with E-state index in [1.54, 1.807) is 38.2 Å². The van der Waals surface area contributed by atoms with Gasteiger partial charge in [0, 0.05) is 0 Å². The zero-order valence-corrected chi connectivity index (χ0v) is 11.0. The third-order valence-electron chi connectivity index (χ3n) is 2.33. The molecule has 0 spiro atoms. The third-order valence-corrected chi connectivity index (χ3v) is 2.33. The van der Waals surface area contributed by atoms with Crippen LogP contribution in [0.25, 0.3) is 0 Å². The maximum Gasteiger partial charge on any atom is 0.329 e. The van der Waals surface area contributed by atoms with Crippen molar-refractivity contribution in [3.63, 3.8) is 0 Å². The van der Waals surface area contributed by atoms with E-state index in [1.807, 2.05) is 0 Å². The van der Waals surface area contributed by atoms with Gasteiger partial charge in [-0.3, -0.25) is 0 Å². The van der Waals surface area contributed by atoms with E-state index in [0.717, 1.165) is 0 Å². The molecule has 0 aromatic heterocycles. The number of hydrogen-bond donors (Lipinski definition) is 1. The second-order valence-electron chi connectivity index (χ2n) is 4.46. The van der Waals surface area contributed by atoms with E-state index in [1.165, 1.54) is 0 Å². The number of rotatable bonds is 6. The summed E-state index contributed by atoms with van der Waals surface area (Å²) in [6.45, 7) is 3.39. The second kappa shape index (κ2) is 7.10. The highest BCUT2D eigenvalue weighted by Crippen LogP contribution is 2.29. The van der Waals surface area contributed by atoms with Gasteiger partial charge < -0.3 is 19.3 Å². The lowest BCUT2D eigenvalue weighted by Gasteiger charge is -2.16. The van der Waals surface area contributed by atoms with Crippen molar-refractivity contribution in [3.05, 3.63) is 24.3 Å². The molecule has 0 aromatic carbocycles. The minimum atomic E-state index is -1.01. The van der Waals surface area contributed by atoms with Crippen LogP contribution in [-0.4, -0.2) is 42.3 Å². The Balaban J connectivity index is 2.55. The van der Waals surface area contributed by atoms with Crippen LogP contribution in [0.4, 0.5) is 0 Å². The molecule has 0 unspecified atom stereocenters. The minimum Gasteiger partial charge on any atom is -0.480 e. The highest BCUT2D eigenvalue weighted by Gasteiger charge is 2.39. The number of aliphatic carboxylic acids is 1. The van der Waals surface area contributed by atoms with Crippen LogP contribution in [0.3, 0.4) is 0 Å². The fraction of sp³-hybridized carbons (Fsp3) is 0.500. The lowest BCUT2D eigenvalue weighted by molar-refractivity contribution is -0.152. The number of carboxylic acid groups (broad SMARTS) is 1. The maximum atomic E-state index is 10.4. The molecule has 0 aliphatic carbocycles. The molecule has 104 valence electrons. The largest absolute Gasteiger partial charge is 0.480 e. The molecule has 1 fully saturated rings. The number of hydrogen-bond acceptors (Lipinski definition) is 4. The molecular weight excluding hydrogens is 248 g/mol. The van der Waals surface area contributed by atoms with Gasteiger partial charge in [0.2, 0.25) is 0 Å². The lowest BCUT2D eigenvalue weighted by atomic mass is 10.2. The van der Waals surface area contributed by atoms with Crippen LogP contribution in [0.2, 0.25) is 0 Å². The Bertz CT molecular complexity index is 403. The summed E-state index contributed by atoms with van der Waals surface area (Å²) in [6, 6.07) is 0. The molecular formula is C14H18O5. The van der Waals surface area contributed by atoms with Crippen LogP contribution < -0.4 is 0 Å². The molecule has 2 atom stereocenters. The van der Waals surface area contributed by atoms with Crippen molar-refractivity contribution in [2.45, 2.75) is 31.8 Å². The molecule has 1 heterocycles. The SMILES string of the molecule is C#C/C=C/C=C/[C@H]1OC(C)(C)O[C@H]1COCC(=O)O. The molecule has 0 saturated carbocycles. The summed E-state index contributed by atoms with van der Waals surface area (Å²) in [7, 11) is 0. The van der Waals surface area contributed by atoms with Gasteiger partial charge in [0.25, 0.3) is 0 Å². The number of carboxylic acids is 1. The van der Waals surface area contributed by atoms with E-state index < -0.39 is 11.8 Å². The van der Waals surface area contributed by atoms with E-state index in [4.69, 9.17) is 25.7 Å². The van der Waals surface area contributed by atoms with Crippen molar-refractivity contribution in [1.82, 2.24) is 0 Å². The van der Waals surface area contributed by atoms with Crippen molar-refractivity contribution in [2.75, 3.05) is 13.2 Å². The molecule has 1 rings (SSSR count). The van der Waals surface area contributed by atoms with E-state index in [9.17, 15) is 4.79 Å². The number of allylic oxidation sites excluding steroid dienone is 3. The first-order valence-corrected chi connectivity index (χ1v) is 5.89. The average Bonchev–Trinajstić information content (AvgIpc) is 2.59. The van der Waals surface area contributed by atoms with Crippen molar-refractivity contribution in [2.24, 2.45) is 0 Å². The Hall–Kier alpha value is -1.61. The molecule has 0 amide bonds. The number of ether oxygens (including phenoxy) is 3. The van der Waals surface area contributed by atoms with E-state index >= 15 is 0 Å². The van der Waals surface area contributed by atoms with E-state index in [2.05, 4.69) is 5.92 Å². The Labute approximate surface area is 112 Å². The van der Waals surface area contributed by atoms with Gasteiger partial charge in [0.05, 0.1) is 6.61 Å². The molecule has 5 nitrogen and oxygen atoms in total. The van der Waals surface area contributed by atoms with Crippen LogP contribution in [-0.2, 0) is 19.0 Å². The van der Waals surface area contributed by atoms with Gasteiger partial charge in [0.15, 0.2) is 5.79 Å². The molecule has 0 bridgehead atoms. The van der Waals surface area contributed by atoms with E-state index in [-0.39, 0.29) is 25.4 Å². The first kappa shape index (κ1) is 15.4. The summed E-state index contributed by atoms with van der Waals surface area (Å²) < 4.78 is 16.4. The third kappa shape index (κ3) is 5.71. The Morgan fingerprint density at radius 3 is 2.84 bits per heavy atom. The summed E-state index contributed by atoms with van der Waals surface area (Å²) in [4.78, 5) is 10.4. The molecule has 1 saturated heterocycles. The lowest BCUT2D eigenvalue weighted by Crippen LogP contribution is -2.27. The van der Waals surface area contributed by atoms with Crippen LogP contribution in [0.1, 0.15) is 13.8 Å². The van der Waals surface area contributed by atoms with Gasteiger partial charge >= 0.3 is 5.97 Å². The number of carbonyl (C=O) groups is 1. The van der Waals surface area contributed by atoms with Gasteiger partial charge in [-0.25, -0.2) is 4.79 Å². The van der Waals surface area contributed by atoms with Gasteiger partial charge in [-0.05, 0) is 19.9 Å². The summed E-state index contributed by atoms with van der Waals surface area (Å²) in [5.41, 5.74) is 0. The number of terminal acetylenes is 1. The topological polar surface area (TPSA) is 65.0 Å². The summed E-state index contributed by atoms with van der Waals surface area (Å²) in [6.07, 6.45) is 11.3. The quantitative estimate of drug-likeness (QED) is 0.581. The molecule has 5 heteroatoms. The van der Waals surface area contributed by atoms with Crippen molar-refractivity contribution >= 4 is 5.97 Å². The summed E-state index contributed by atoms with van der Waals surface area (Å²) in [5.74, 6) is 0.641. The highest BCUT2D eigenvalue weighted by atomic mass is 16.8. The maximum absolute atomic E-state index is 10.4. The highest BCUT2D eigenvalue weighted by molar-refractivity contribution is 5.67. The van der Waals surface area contributed by atoms with Gasteiger partial charge in [-0.15, -0.1) is 6.42 Å². The van der Waals surface area contributed by atoms with Gasteiger partial charge in [-0.1, -0.05) is 24.1 Å². The van der Waals surface area contributed by atoms with Crippen LogP contribution in [0.5, 0.6) is 0 Å². The first-order chi connectivity index (χ1) is 8.94. The minimum absolute atomic E-state index is 0.156. The second-order valence-corrected chi connectivity index (χ2v) is 4.46. The molecule has 0 radical (unpaired) electrons. The fourth-order valence-electron chi connectivity index (χ4n) is 1.70. The predicted molar refractivity (Wildman–Crippen MR) is 69.4 cm³/mol. The van der Waals surface area contributed by atoms with Crippen molar-refractivity contribution in [3.8, 4) is 12.3 Å². The molecule has 19 heavy (non-hydrogen) atoms. The van der Waals surface area contributed by atoms with Crippen molar-refractivity contribution in [1.29, 1.82) is 0 Å². The molecule has 1 N–H and O–H groups in total. The molecule has 1 aliphatic rings. The van der Waals surface area contributed by atoms with Crippen LogP contribution in [0, 0.1) is 12.3 Å². The average molecular weight is 266 g/mol. The normalized spacial score (nSPS) is 25.9. The van der Waals surface area contributed by atoms with Crippen LogP contribution in [0.15, 0.2) is 24.3 Å². The summed E-state index contributed by atoms with van der Waals surface area (Å²) >= 11 is 0. The molecule has 1 aliphatic heterocycles. The zero-order valence-electron chi connectivity index (χ0n) is 11.0. The Morgan fingerprint density at radius 2 is 2.21 bits per heavy atom. The summed E-state index contributed by atoms with van der Waals surface area (Å²) in [5, 5.41) is 8.52. The predicted octanol–water partition coefficient (Wildman–Crippen LogP) is 1.35. The Morgan fingerprint density at radius 1 is 1.47 bits per heavy atom. The van der Waals surface area contributed by atoms with Crippen molar-refractivity contribution < 1.29 is 24.1 Å². The molecule has 0 aromatic rings.